The number of aryl methyl sites for hydroxylation is 2. The van der Waals surface area contributed by atoms with Crippen LogP contribution in [0.15, 0.2) is 42.6 Å². The Kier molecular flexibility index (Phi) is 2.99. The van der Waals surface area contributed by atoms with Gasteiger partial charge in [-0.25, -0.2) is 4.98 Å². The average Bonchev–Trinajstić information content (AvgIpc) is 2.80. The van der Waals surface area contributed by atoms with Gasteiger partial charge in [-0.3, -0.25) is 5.10 Å². The number of rotatable bonds is 2. The molecule has 0 bridgehead atoms. The summed E-state index contributed by atoms with van der Waals surface area (Å²) < 4.78 is 0. The second-order valence-electron chi connectivity index (χ2n) is 4.91. The number of nitrogens with zero attached hydrogens (tertiary/aromatic N) is 2. The lowest BCUT2D eigenvalue weighted by Gasteiger charge is -2.06. The van der Waals surface area contributed by atoms with Gasteiger partial charge in [0.25, 0.3) is 0 Å². The summed E-state index contributed by atoms with van der Waals surface area (Å²) in [4.78, 5) is 4.04. The summed E-state index contributed by atoms with van der Waals surface area (Å²) in [6, 6.07) is 12.1. The molecule has 1 aromatic carbocycles. The molecule has 4 nitrogen and oxygen atoms in total. The van der Waals surface area contributed by atoms with E-state index < -0.39 is 0 Å². The SMILES string of the molecule is Cc1cccc(-c2n[nH]c(C)c2-c2ccnc(N)c2)c1. The van der Waals surface area contributed by atoms with Gasteiger partial charge >= 0.3 is 0 Å². The summed E-state index contributed by atoms with van der Waals surface area (Å²) >= 11 is 0. The molecule has 0 amide bonds. The second-order valence-corrected chi connectivity index (χ2v) is 4.91. The van der Waals surface area contributed by atoms with E-state index in [4.69, 9.17) is 5.73 Å². The minimum Gasteiger partial charge on any atom is -0.384 e. The van der Waals surface area contributed by atoms with Crippen LogP contribution in [0.2, 0.25) is 0 Å². The first-order valence-corrected chi connectivity index (χ1v) is 6.49. The number of H-pyrrole nitrogens is 1. The molecule has 0 spiro atoms. The molecule has 2 heterocycles. The molecule has 0 fully saturated rings. The van der Waals surface area contributed by atoms with Gasteiger partial charge in [-0.15, -0.1) is 0 Å². The fourth-order valence-electron chi connectivity index (χ4n) is 2.39. The number of nitrogens with one attached hydrogen (secondary N) is 1. The molecular weight excluding hydrogens is 248 g/mol. The molecule has 0 saturated carbocycles. The summed E-state index contributed by atoms with van der Waals surface area (Å²) in [6.45, 7) is 4.09. The highest BCUT2D eigenvalue weighted by molar-refractivity contribution is 5.83. The van der Waals surface area contributed by atoms with Crippen LogP contribution in [0.4, 0.5) is 5.82 Å². The molecule has 0 aliphatic carbocycles. The Hall–Kier alpha value is -2.62. The van der Waals surface area contributed by atoms with Crippen molar-refractivity contribution in [2.24, 2.45) is 0 Å². The molecular formula is C16H16N4. The Balaban J connectivity index is 2.20. The van der Waals surface area contributed by atoms with Crippen molar-refractivity contribution in [2.45, 2.75) is 13.8 Å². The third kappa shape index (κ3) is 2.16. The molecule has 4 heteroatoms. The third-order valence-corrected chi connectivity index (χ3v) is 3.31. The Morgan fingerprint density at radius 2 is 1.90 bits per heavy atom. The highest BCUT2D eigenvalue weighted by atomic mass is 15.1. The van der Waals surface area contributed by atoms with E-state index in [1.807, 2.05) is 25.1 Å². The zero-order chi connectivity index (χ0) is 14.1. The minimum absolute atomic E-state index is 0.512. The second kappa shape index (κ2) is 4.81. The normalized spacial score (nSPS) is 10.7. The Morgan fingerprint density at radius 3 is 2.65 bits per heavy atom. The van der Waals surface area contributed by atoms with E-state index in [1.165, 1.54) is 5.56 Å². The average molecular weight is 264 g/mol. The first-order valence-electron chi connectivity index (χ1n) is 6.49. The first kappa shape index (κ1) is 12.4. The minimum atomic E-state index is 0.512. The van der Waals surface area contributed by atoms with Crippen LogP contribution in [0.1, 0.15) is 11.3 Å². The molecule has 2 aromatic heterocycles. The highest BCUT2D eigenvalue weighted by Gasteiger charge is 2.14. The van der Waals surface area contributed by atoms with E-state index in [9.17, 15) is 0 Å². The molecule has 3 aromatic rings. The Morgan fingerprint density at radius 1 is 1.05 bits per heavy atom. The number of hydrogen-bond donors (Lipinski definition) is 2. The number of aromatic amines is 1. The van der Waals surface area contributed by atoms with Gasteiger partial charge in [0, 0.05) is 23.0 Å². The van der Waals surface area contributed by atoms with Gasteiger partial charge in [0.2, 0.25) is 0 Å². The van der Waals surface area contributed by atoms with Gasteiger partial charge in [-0.1, -0.05) is 23.8 Å². The zero-order valence-corrected chi connectivity index (χ0v) is 11.5. The largest absolute Gasteiger partial charge is 0.384 e. The number of nitrogens with two attached hydrogens (primary N) is 1. The summed E-state index contributed by atoms with van der Waals surface area (Å²) in [6.07, 6.45) is 1.72. The molecule has 0 atom stereocenters. The van der Waals surface area contributed by atoms with Crippen LogP contribution in [0, 0.1) is 13.8 Å². The molecule has 3 rings (SSSR count). The van der Waals surface area contributed by atoms with Crippen molar-refractivity contribution in [3.05, 3.63) is 53.9 Å². The van der Waals surface area contributed by atoms with Gasteiger partial charge in [-0.2, -0.15) is 5.10 Å². The predicted molar refractivity (Wildman–Crippen MR) is 81.1 cm³/mol. The fraction of sp³-hybridized carbons (Fsp3) is 0.125. The van der Waals surface area contributed by atoms with Crippen molar-refractivity contribution in [3.63, 3.8) is 0 Å². The van der Waals surface area contributed by atoms with Gasteiger partial charge in [-0.05, 0) is 37.6 Å². The van der Waals surface area contributed by atoms with Crippen LogP contribution in [0.5, 0.6) is 0 Å². The van der Waals surface area contributed by atoms with Crippen molar-refractivity contribution in [2.75, 3.05) is 5.73 Å². The van der Waals surface area contributed by atoms with E-state index in [1.54, 1.807) is 6.20 Å². The lowest BCUT2D eigenvalue weighted by molar-refractivity contribution is 1.05. The predicted octanol–water partition coefficient (Wildman–Crippen LogP) is 3.34. The highest BCUT2D eigenvalue weighted by Crippen LogP contribution is 2.33. The molecule has 0 aliphatic heterocycles. The lowest BCUT2D eigenvalue weighted by atomic mass is 9.99. The van der Waals surface area contributed by atoms with E-state index in [0.29, 0.717) is 5.82 Å². The monoisotopic (exact) mass is 264 g/mol. The van der Waals surface area contributed by atoms with Gasteiger partial charge in [0.15, 0.2) is 0 Å². The standard InChI is InChI=1S/C16H16N4/c1-10-4-3-5-13(8-10)16-15(11(2)19-20-16)12-6-7-18-14(17)9-12/h3-9H,1-2H3,(H2,17,18)(H,19,20). The molecule has 0 unspecified atom stereocenters. The maximum absolute atomic E-state index is 5.79. The first-order chi connectivity index (χ1) is 9.65. The summed E-state index contributed by atoms with van der Waals surface area (Å²) in [5, 5.41) is 7.51. The number of anilines is 1. The fourth-order valence-corrected chi connectivity index (χ4v) is 2.39. The van der Waals surface area contributed by atoms with E-state index in [0.717, 1.165) is 28.1 Å². The van der Waals surface area contributed by atoms with Crippen molar-refractivity contribution < 1.29 is 0 Å². The smallest absolute Gasteiger partial charge is 0.123 e. The quantitative estimate of drug-likeness (QED) is 0.746. The van der Waals surface area contributed by atoms with E-state index in [2.05, 4.69) is 40.3 Å². The molecule has 0 aliphatic rings. The summed E-state index contributed by atoms with van der Waals surface area (Å²) in [5.74, 6) is 0.512. The van der Waals surface area contributed by atoms with Gasteiger partial charge in [0.1, 0.15) is 11.5 Å². The van der Waals surface area contributed by atoms with Crippen LogP contribution >= 0.6 is 0 Å². The summed E-state index contributed by atoms with van der Waals surface area (Å²) in [5.41, 5.74) is 12.2. The molecule has 20 heavy (non-hydrogen) atoms. The lowest BCUT2D eigenvalue weighted by Crippen LogP contribution is -1.91. The van der Waals surface area contributed by atoms with E-state index in [-0.39, 0.29) is 0 Å². The maximum atomic E-state index is 5.79. The van der Waals surface area contributed by atoms with Crippen molar-refractivity contribution in [1.82, 2.24) is 15.2 Å². The number of pyridine rings is 1. The summed E-state index contributed by atoms with van der Waals surface area (Å²) in [7, 11) is 0. The van der Waals surface area contributed by atoms with Crippen LogP contribution in [-0.4, -0.2) is 15.2 Å². The molecule has 3 N–H and O–H groups in total. The van der Waals surface area contributed by atoms with E-state index >= 15 is 0 Å². The van der Waals surface area contributed by atoms with Crippen molar-refractivity contribution in [3.8, 4) is 22.4 Å². The number of nitrogen functional groups attached to an aromatic ring is 1. The number of aromatic nitrogens is 3. The maximum Gasteiger partial charge on any atom is 0.123 e. The number of benzene rings is 1. The van der Waals surface area contributed by atoms with Crippen LogP contribution < -0.4 is 5.73 Å². The Labute approximate surface area is 117 Å². The van der Waals surface area contributed by atoms with Gasteiger partial charge < -0.3 is 5.73 Å². The van der Waals surface area contributed by atoms with Crippen molar-refractivity contribution >= 4 is 5.82 Å². The zero-order valence-electron chi connectivity index (χ0n) is 11.5. The molecule has 0 saturated heterocycles. The van der Waals surface area contributed by atoms with Crippen LogP contribution in [0.3, 0.4) is 0 Å². The molecule has 0 radical (unpaired) electrons. The van der Waals surface area contributed by atoms with Crippen molar-refractivity contribution in [1.29, 1.82) is 0 Å². The Bertz CT molecular complexity index is 759. The third-order valence-electron chi connectivity index (χ3n) is 3.31. The number of hydrogen-bond acceptors (Lipinski definition) is 3. The topological polar surface area (TPSA) is 67.6 Å². The van der Waals surface area contributed by atoms with Crippen LogP contribution in [0.25, 0.3) is 22.4 Å². The van der Waals surface area contributed by atoms with Crippen LogP contribution in [-0.2, 0) is 0 Å². The molecule has 100 valence electrons. The van der Waals surface area contributed by atoms with Gasteiger partial charge in [0.05, 0.1) is 0 Å².